The number of hydrogen-bond donors (Lipinski definition) is 0. The minimum absolute atomic E-state index is 0.0914. The second kappa shape index (κ2) is 17.3. The van der Waals surface area contributed by atoms with E-state index in [1.807, 2.05) is 0 Å². The molecular formula is C19H43NO4S. The van der Waals surface area contributed by atoms with Crippen LogP contribution in [-0.4, -0.2) is 51.7 Å². The first-order valence-electron chi connectivity index (χ1n) is 10.0. The Morgan fingerprint density at radius 1 is 0.720 bits per heavy atom. The zero-order valence-corrected chi connectivity index (χ0v) is 18.2. The maximum atomic E-state index is 9.45. The predicted octanol–water partition coefficient (Wildman–Crippen LogP) is 4.88. The van der Waals surface area contributed by atoms with Crippen molar-refractivity contribution < 1.29 is 21.6 Å². The van der Waals surface area contributed by atoms with Gasteiger partial charge in [0.1, 0.15) is 0 Å². The molecule has 0 unspecified atom stereocenters. The Kier molecular flexibility index (Phi) is 18.7. The molecule has 0 bridgehead atoms. The first-order chi connectivity index (χ1) is 11.6. The van der Waals surface area contributed by atoms with Crippen LogP contribution in [0, 0.1) is 0 Å². The number of rotatable bonds is 15. The molecule has 0 rings (SSSR count). The monoisotopic (exact) mass is 381 g/mol. The van der Waals surface area contributed by atoms with Gasteiger partial charge in [0.05, 0.1) is 34.3 Å². The van der Waals surface area contributed by atoms with Crippen molar-refractivity contribution in [3.05, 3.63) is 0 Å². The van der Waals surface area contributed by atoms with Crippen LogP contribution in [0.15, 0.2) is 0 Å². The lowest BCUT2D eigenvalue weighted by Gasteiger charge is -2.23. The van der Waals surface area contributed by atoms with Crippen LogP contribution in [0.4, 0.5) is 0 Å². The normalized spacial score (nSPS) is 11.9. The summed E-state index contributed by atoms with van der Waals surface area (Å²) in [6.45, 7) is 4.96. The standard InChI is InChI=1S/C17H38N.C2H6O4S/c1-5-6-7-8-9-10-11-12-13-14-15-16-17-18(2,3)4;1-2-6-7(3,4)5/h5-17H2,1-4H3;2H2,1H3,(H,3,4,5)/q+1;/p-1. The lowest BCUT2D eigenvalue weighted by atomic mass is 10.1. The van der Waals surface area contributed by atoms with Crippen LogP contribution in [0.1, 0.15) is 90.9 Å². The lowest BCUT2D eigenvalue weighted by molar-refractivity contribution is -0.870. The summed E-state index contributed by atoms with van der Waals surface area (Å²) in [5, 5.41) is 0. The van der Waals surface area contributed by atoms with Gasteiger partial charge in [-0.15, -0.1) is 0 Å². The van der Waals surface area contributed by atoms with Crippen LogP contribution >= 0.6 is 0 Å². The Morgan fingerprint density at radius 3 is 1.32 bits per heavy atom. The fourth-order valence-corrected chi connectivity index (χ4v) is 2.86. The fourth-order valence-electron chi connectivity index (χ4n) is 2.57. The molecule has 0 atom stereocenters. The third-order valence-electron chi connectivity index (χ3n) is 3.94. The van der Waals surface area contributed by atoms with Gasteiger partial charge in [0, 0.05) is 0 Å². The second-order valence-corrected chi connectivity index (χ2v) is 8.77. The first kappa shape index (κ1) is 27.1. The van der Waals surface area contributed by atoms with E-state index in [0.717, 1.165) is 4.48 Å². The van der Waals surface area contributed by atoms with Gasteiger partial charge in [-0.05, 0) is 19.8 Å². The van der Waals surface area contributed by atoms with Crippen LogP contribution in [0.25, 0.3) is 0 Å². The van der Waals surface area contributed by atoms with Gasteiger partial charge in [-0.1, -0.05) is 71.1 Å². The molecule has 0 aliphatic carbocycles. The Labute approximate surface area is 157 Å². The molecule has 0 aromatic heterocycles. The third-order valence-corrected chi connectivity index (χ3v) is 4.47. The quantitative estimate of drug-likeness (QED) is 0.175. The minimum atomic E-state index is -4.42. The average molecular weight is 382 g/mol. The van der Waals surface area contributed by atoms with Gasteiger partial charge in [0.2, 0.25) is 10.4 Å². The molecule has 0 heterocycles. The Hall–Kier alpha value is -0.170. The molecule has 25 heavy (non-hydrogen) atoms. The van der Waals surface area contributed by atoms with Crippen molar-refractivity contribution in [3.8, 4) is 0 Å². The lowest BCUT2D eigenvalue weighted by Crippen LogP contribution is -2.35. The van der Waals surface area contributed by atoms with Crippen molar-refractivity contribution in [2.24, 2.45) is 0 Å². The zero-order chi connectivity index (χ0) is 19.6. The number of hydrogen-bond acceptors (Lipinski definition) is 4. The first-order valence-corrected chi connectivity index (χ1v) is 11.4. The van der Waals surface area contributed by atoms with E-state index in [9.17, 15) is 13.0 Å². The summed E-state index contributed by atoms with van der Waals surface area (Å²) in [5.74, 6) is 0. The average Bonchev–Trinajstić information content (AvgIpc) is 2.47. The van der Waals surface area contributed by atoms with E-state index in [1.165, 1.54) is 90.5 Å². The molecule has 0 N–H and O–H groups in total. The van der Waals surface area contributed by atoms with E-state index in [-0.39, 0.29) is 6.61 Å². The van der Waals surface area contributed by atoms with Crippen LogP contribution in [-0.2, 0) is 14.6 Å². The maximum Gasteiger partial charge on any atom is 0.217 e. The summed E-state index contributed by atoms with van der Waals surface area (Å²) in [5.41, 5.74) is 0. The third kappa shape index (κ3) is 32.0. The maximum absolute atomic E-state index is 9.45. The summed E-state index contributed by atoms with van der Waals surface area (Å²) < 4.78 is 33.1. The molecule has 0 aromatic rings. The topological polar surface area (TPSA) is 66.4 Å². The van der Waals surface area contributed by atoms with Gasteiger partial charge in [0.25, 0.3) is 0 Å². The van der Waals surface area contributed by atoms with E-state index in [4.69, 9.17) is 0 Å². The molecule has 154 valence electrons. The highest BCUT2D eigenvalue weighted by Gasteiger charge is 2.04. The van der Waals surface area contributed by atoms with Crippen molar-refractivity contribution >= 4 is 10.4 Å². The van der Waals surface area contributed by atoms with Gasteiger partial charge in [-0.3, -0.25) is 4.18 Å². The van der Waals surface area contributed by atoms with Gasteiger partial charge < -0.3 is 9.04 Å². The van der Waals surface area contributed by atoms with Gasteiger partial charge >= 0.3 is 0 Å². The highest BCUT2D eigenvalue weighted by atomic mass is 32.3. The molecule has 0 saturated heterocycles. The number of nitrogens with zero attached hydrogens (tertiary/aromatic N) is 1. The molecule has 0 radical (unpaired) electrons. The summed E-state index contributed by atoms with van der Waals surface area (Å²) in [6.07, 6.45) is 17.4. The predicted molar refractivity (Wildman–Crippen MR) is 105 cm³/mol. The van der Waals surface area contributed by atoms with E-state index in [0.29, 0.717) is 0 Å². The molecule has 0 spiro atoms. The van der Waals surface area contributed by atoms with Crippen LogP contribution in [0.3, 0.4) is 0 Å². The second-order valence-electron chi connectivity index (χ2n) is 7.72. The highest BCUT2D eigenvalue weighted by molar-refractivity contribution is 7.80. The molecule has 0 aliphatic heterocycles. The van der Waals surface area contributed by atoms with Crippen molar-refractivity contribution in [2.45, 2.75) is 90.9 Å². The summed E-state index contributed by atoms with van der Waals surface area (Å²) in [7, 11) is 2.45. The molecule has 0 saturated carbocycles. The summed E-state index contributed by atoms with van der Waals surface area (Å²) in [6, 6.07) is 0. The zero-order valence-electron chi connectivity index (χ0n) is 17.4. The Balaban J connectivity index is 0. The molecule has 0 aliphatic rings. The van der Waals surface area contributed by atoms with Crippen molar-refractivity contribution in [1.82, 2.24) is 0 Å². The fraction of sp³-hybridized carbons (Fsp3) is 1.00. The van der Waals surface area contributed by atoms with Crippen molar-refractivity contribution in [1.29, 1.82) is 0 Å². The number of quaternary nitrogens is 1. The minimum Gasteiger partial charge on any atom is -0.726 e. The molecule has 6 heteroatoms. The van der Waals surface area contributed by atoms with E-state index in [2.05, 4.69) is 32.2 Å². The largest absolute Gasteiger partial charge is 0.726 e. The van der Waals surface area contributed by atoms with Gasteiger partial charge in [-0.2, -0.15) is 0 Å². The molecule has 0 fully saturated rings. The summed E-state index contributed by atoms with van der Waals surface area (Å²) in [4.78, 5) is 0. The van der Waals surface area contributed by atoms with Crippen LogP contribution in [0.2, 0.25) is 0 Å². The van der Waals surface area contributed by atoms with Crippen LogP contribution < -0.4 is 0 Å². The van der Waals surface area contributed by atoms with Crippen LogP contribution in [0.5, 0.6) is 0 Å². The summed E-state index contributed by atoms with van der Waals surface area (Å²) >= 11 is 0. The Morgan fingerprint density at radius 2 is 1.08 bits per heavy atom. The smallest absolute Gasteiger partial charge is 0.217 e. The SMILES string of the molecule is CCCCCCCCCCCCCC[N+](C)(C)C.CCOS(=O)(=O)[O-]. The molecule has 0 amide bonds. The molecule has 5 nitrogen and oxygen atoms in total. The van der Waals surface area contributed by atoms with Gasteiger partial charge in [0.15, 0.2) is 0 Å². The molecular weight excluding hydrogens is 338 g/mol. The van der Waals surface area contributed by atoms with Crippen molar-refractivity contribution in [2.75, 3.05) is 34.3 Å². The molecule has 0 aromatic carbocycles. The number of unbranched alkanes of at least 4 members (excludes halogenated alkanes) is 11. The highest BCUT2D eigenvalue weighted by Crippen LogP contribution is 2.12. The van der Waals surface area contributed by atoms with Crippen molar-refractivity contribution in [3.63, 3.8) is 0 Å². The van der Waals surface area contributed by atoms with Gasteiger partial charge in [-0.25, -0.2) is 8.42 Å². The Bertz CT molecular complexity index is 364. The van der Waals surface area contributed by atoms with E-state index >= 15 is 0 Å². The van der Waals surface area contributed by atoms with E-state index in [1.54, 1.807) is 0 Å². The van der Waals surface area contributed by atoms with E-state index < -0.39 is 10.4 Å².